The van der Waals surface area contributed by atoms with Crippen LogP contribution in [0.1, 0.15) is 120 Å². The van der Waals surface area contributed by atoms with Gasteiger partial charge in [-0.2, -0.15) is 0 Å². The number of carbonyl (C=O) groups excluding carboxylic acids is 2. The Morgan fingerprint density at radius 3 is 1.54 bits per heavy atom. The van der Waals surface area contributed by atoms with E-state index in [1.54, 1.807) is 0 Å². The first-order valence-electron chi connectivity index (χ1n) is 39.7. The summed E-state index contributed by atoms with van der Waals surface area (Å²) in [6, 6.07) is 0. The fraction of sp³-hybridized carbons (Fsp3) is 0.947. The molecule has 39 heteroatoms. The normalized spacial score (nSPS) is 54.3. The first-order chi connectivity index (χ1) is 53.5. The Kier molecular flexibility index (Phi) is 26.4. The molecule has 8 heterocycles. The predicted octanol–water partition coefficient (Wildman–Crippen LogP) is -6.98. The lowest BCUT2D eigenvalue weighted by molar-refractivity contribution is -0.392. The summed E-state index contributed by atoms with van der Waals surface area (Å²) >= 11 is 0. The highest BCUT2D eigenvalue weighted by Gasteiger charge is 2.73. The van der Waals surface area contributed by atoms with Gasteiger partial charge in [0.25, 0.3) is 0 Å². The molecule has 5 aliphatic carbocycles. The molecule has 0 amide bonds. The number of esters is 2. The van der Waals surface area contributed by atoms with Crippen molar-refractivity contribution in [2.24, 2.45) is 50.2 Å². The molecule has 4 saturated carbocycles. The standard InChI is InChI=1S/C75H120O39/c1-26-39(82)43(86)48(91)64(103-26)109-55-33(80)25-102-67(58(55)112-65-50(93)45(88)53(27(2)104-65)107-63-52(95)54(32(79)24-101-63)108-61-46(89)40(83)30(77)22-99-61)114-69(97)75-18-17-70(3,4)19-29(75)28-11-12-36-72(7)15-14-38(71(5,6)35(72)13-16-73(36,8)74(28,9)20-37(75)81)106-68-59(113-66-49(92)44(87)42(85)34(21-76)105-66)56(51(94)57(111-68)60(96)98-10)110-62-47(90)41(84)31(78)23-100-62/h11,26-27,29-59,61-68,76-95H,12-25H2,1-10H3. The molecular formula is C75H120O39. The van der Waals surface area contributed by atoms with Gasteiger partial charge in [0, 0.05) is 0 Å². The minimum absolute atomic E-state index is 0.0617. The second-order valence-corrected chi connectivity index (χ2v) is 36.0. The van der Waals surface area contributed by atoms with E-state index < -0.39 is 317 Å². The van der Waals surface area contributed by atoms with E-state index in [4.69, 9.17) is 80.5 Å². The lowest BCUT2D eigenvalue weighted by atomic mass is 9.33. The first kappa shape index (κ1) is 89.0. The minimum atomic E-state index is -2.12. The van der Waals surface area contributed by atoms with Crippen LogP contribution in [0.5, 0.6) is 0 Å². The minimum Gasteiger partial charge on any atom is -0.467 e. The van der Waals surface area contributed by atoms with E-state index in [0.717, 1.165) is 12.7 Å². The molecule has 39 nitrogen and oxygen atoms in total. The van der Waals surface area contributed by atoms with E-state index in [0.29, 0.717) is 44.9 Å². The molecule has 0 aromatic heterocycles. The molecule has 20 N–H and O–H groups in total. The average molecular weight is 1650 g/mol. The fourth-order valence-electron chi connectivity index (χ4n) is 21.4. The van der Waals surface area contributed by atoms with Gasteiger partial charge in [0.15, 0.2) is 56.2 Å². The molecule has 0 spiro atoms. The van der Waals surface area contributed by atoms with Gasteiger partial charge >= 0.3 is 11.9 Å². The molecule has 114 heavy (non-hydrogen) atoms. The van der Waals surface area contributed by atoms with Gasteiger partial charge in [-0.25, -0.2) is 4.79 Å². The van der Waals surface area contributed by atoms with E-state index in [1.165, 1.54) is 13.8 Å². The van der Waals surface area contributed by atoms with Crippen LogP contribution in [0.4, 0.5) is 0 Å². The smallest absolute Gasteiger partial charge is 0.337 e. The maximum atomic E-state index is 16.1. The van der Waals surface area contributed by atoms with Gasteiger partial charge in [0.1, 0.15) is 152 Å². The quantitative estimate of drug-likeness (QED) is 0.0344. The molecule has 13 aliphatic rings. The monoisotopic (exact) mass is 1640 g/mol. The number of carbonyl (C=O) groups is 2. The molecule has 0 aromatic carbocycles. The first-order valence-corrected chi connectivity index (χ1v) is 39.7. The summed E-state index contributed by atoms with van der Waals surface area (Å²) in [6.07, 6.45) is -60.3. The highest BCUT2D eigenvalue weighted by atomic mass is 16.8. The van der Waals surface area contributed by atoms with E-state index in [-0.39, 0.29) is 24.7 Å². The Morgan fingerprint density at radius 2 is 0.939 bits per heavy atom. The zero-order chi connectivity index (χ0) is 83.0. The Labute approximate surface area is 657 Å². The molecular weight excluding hydrogens is 1520 g/mol. The Hall–Kier alpha value is -2.72. The van der Waals surface area contributed by atoms with Crippen molar-refractivity contribution in [3.05, 3.63) is 11.6 Å². The predicted molar refractivity (Wildman–Crippen MR) is 373 cm³/mol. The zero-order valence-electron chi connectivity index (χ0n) is 65.3. The van der Waals surface area contributed by atoms with Gasteiger partial charge in [0.2, 0.25) is 6.29 Å². The van der Waals surface area contributed by atoms with E-state index in [9.17, 15) is 107 Å². The van der Waals surface area contributed by atoms with Gasteiger partial charge in [-0.1, -0.05) is 60.1 Å². The van der Waals surface area contributed by atoms with Crippen molar-refractivity contribution in [3.8, 4) is 0 Å². The second kappa shape index (κ2) is 33.8. The summed E-state index contributed by atoms with van der Waals surface area (Å²) in [5, 5.41) is 223. The van der Waals surface area contributed by atoms with Crippen LogP contribution in [0, 0.1) is 50.2 Å². The summed E-state index contributed by atoms with van der Waals surface area (Å²) in [5.41, 5.74) is -3.88. The van der Waals surface area contributed by atoms with E-state index in [1.807, 2.05) is 13.8 Å². The molecule has 8 saturated heterocycles. The average Bonchev–Trinajstić information content (AvgIpc) is 0.669. The molecule has 654 valence electrons. The number of rotatable bonds is 18. The van der Waals surface area contributed by atoms with Crippen LogP contribution < -0.4 is 0 Å². The number of allylic oxidation sites excluding steroid dienone is 2. The van der Waals surface area contributed by atoms with Crippen LogP contribution in [0.2, 0.25) is 0 Å². The van der Waals surface area contributed by atoms with E-state index in [2.05, 4.69) is 40.7 Å². The topological polar surface area (TPSA) is 596 Å². The van der Waals surface area contributed by atoms with Gasteiger partial charge in [-0.3, -0.25) is 4.79 Å². The van der Waals surface area contributed by atoms with Crippen LogP contribution in [-0.2, 0) is 90.1 Å². The molecule has 0 bridgehead atoms. The second-order valence-electron chi connectivity index (χ2n) is 36.0. The SMILES string of the molecule is COC(=O)C1OC(OC2CCC3(C)C(CCC4(C)C3CC=C3C5CC(C)(C)CCC5(C(=O)OC5OCC(O)C(OC6OC(C)C(O)C(O)C6O)C5OC5OC(C)C(OC6OCC(O)C(OC7OCC(O)C(O)C7O)C6O)C(O)C5O)C(O)CC34C)C2(C)C)C(OC2OC(CO)C(O)C(O)C2O)C(OC2OCC(O)C(O)C2O)C1O. The maximum Gasteiger partial charge on any atom is 0.337 e. The Bertz CT molecular complexity index is 3320. The summed E-state index contributed by atoms with van der Waals surface area (Å²) in [4.78, 5) is 29.8. The third-order valence-electron chi connectivity index (χ3n) is 28.4. The van der Waals surface area contributed by atoms with Crippen molar-refractivity contribution in [3.63, 3.8) is 0 Å². The maximum absolute atomic E-state index is 16.1. The highest BCUT2D eigenvalue weighted by molar-refractivity contribution is 5.80. The van der Waals surface area contributed by atoms with Crippen molar-refractivity contribution in [1.29, 1.82) is 0 Å². The molecule has 8 aliphatic heterocycles. The number of methoxy groups -OCH3 is 1. The van der Waals surface area contributed by atoms with Crippen molar-refractivity contribution in [2.75, 3.05) is 40.1 Å². The third kappa shape index (κ3) is 15.6. The Morgan fingerprint density at radius 1 is 0.439 bits per heavy atom. The van der Waals surface area contributed by atoms with Crippen molar-refractivity contribution in [1.82, 2.24) is 0 Å². The molecule has 0 radical (unpaired) electrons. The number of hydrogen-bond acceptors (Lipinski definition) is 39. The van der Waals surface area contributed by atoms with Gasteiger partial charge < -0.3 is 183 Å². The fourth-order valence-corrected chi connectivity index (χ4v) is 21.4. The lowest BCUT2D eigenvalue weighted by Gasteiger charge is -2.72. The summed E-state index contributed by atoms with van der Waals surface area (Å²) < 4.78 is 102. The number of aliphatic hydroxyl groups is 20. The molecule has 12 fully saturated rings. The van der Waals surface area contributed by atoms with Crippen molar-refractivity contribution >= 4 is 11.9 Å². The van der Waals surface area contributed by atoms with Gasteiger partial charge in [-0.15, -0.1) is 0 Å². The van der Waals surface area contributed by atoms with Crippen LogP contribution >= 0.6 is 0 Å². The largest absolute Gasteiger partial charge is 0.467 e. The van der Waals surface area contributed by atoms with Crippen LogP contribution in [-0.4, -0.2) is 388 Å². The van der Waals surface area contributed by atoms with Gasteiger partial charge in [0.05, 0.1) is 64.6 Å². The lowest BCUT2D eigenvalue weighted by Crippen LogP contribution is -2.69. The molecule has 45 unspecified atom stereocenters. The number of fused-ring (bicyclic) bond motifs is 7. The summed E-state index contributed by atoms with van der Waals surface area (Å²) in [7, 11) is 1.04. The van der Waals surface area contributed by atoms with E-state index >= 15 is 4.79 Å². The molecule has 0 aromatic rings. The molecule has 45 atom stereocenters. The number of ether oxygens (including phenoxy) is 17. The van der Waals surface area contributed by atoms with Crippen molar-refractivity contribution in [2.45, 2.75) is 354 Å². The number of hydrogen-bond donors (Lipinski definition) is 20. The highest BCUT2D eigenvalue weighted by Crippen LogP contribution is 2.76. The number of aliphatic hydroxyl groups excluding tert-OH is 20. The van der Waals surface area contributed by atoms with Crippen LogP contribution in [0.25, 0.3) is 0 Å². The zero-order valence-corrected chi connectivity index (χ0v) is 65.3. The van der Waals surface area contributed by atoms with Crippen molar-refractivity contribution < 1.29 is 192 Å². The van der Waals surface area contributed by atoms with Crippen LogP contribution in [0.3, 0.4) is 0 Å². The third-order valence-corrected chi connectivity index (χ3v) is 28.4. The summed E-state index contributed by atoms with van der Waals surface area (Å²) in [6.45, 7) is 14.6. The van der Waals surface area contributed by atoms with Gasteiger partial charge in [-0.05, 0) is 116 Å². The summed E-state index contributed by atoms with van der Waals surface area (Å²) in [5.74, 6) is -2.97. The van der Waals surface area contributed by atoms with Crippen LogP contribution in [0.15, 0.2) is 11.6 Å². The molecule has 13 rings (SSSR count). The Balaban J connectivity index is 0.762.